The maximum atomic E-state index is 13.0. The predicted molar refractivity (Wildman–Crippen MR) is 111 cm³/mol. The van der Waals surface area contributed by atoms with Gasteiger partial charge in [-0.2, -0.15) is 4.31 Å². The maximum absolute atomic E-state index is 13.0. The van der Waals surface area contributed by atoms with Crippen LogP contribution in [0.1, 0.15) is 30.5 Å². The van der Waals surface area contributed by atoms with Crippen molar-refractivity contribution in [3.8, 4) is 5.75 Å². The Morgan fingerprint density at radius 2 is 1.75 bits per heavy atom. The molecule has 0 unspecified atom stereocenters. The van der Waals surface area contributed by atoms with Crippen molar-refractivity contribution in [2.24, 2.45) is 0 Å². The SMILES string of the molecule is CCOc1ccc(S(=O)(=O)N(CC)CC(=O)Nc2ccc(C)cc2C)cc1C. The van der Waals surface area contributed by atoms with E-state index in [1.807, 2.05) is 39.0 Å². The van der Waals surface area contributed by atoms with E-state index >= 15 is 0 Å². The molecule has 1 N–H and O–H groups in total. The van der Waals surface area contributed by atoms with Crippen molar-refractivity contribution in [2.45, 2.75) is 39.5 Å². The van der Waals surface area contributed by atoms with E-state index in [0.717, 1.165) is 16.7 Å². The molecule has 0 spiro atoms. The zero-order valence-electron chi connectivity index (χ0n) is 17.1. The number of sulfonamides is 1. The lowest BCUT2D eigenvalue weighted by molar-refractivity contribution is -0.116. The maximum Gasteiger partial charge on any atom is 0.243 e. The zero-order chi connectivity index (χ0) is 20.9. The van der Waals surface area contributed by atoms with Crippen molar-refractivity contribution in [3.05, 3.63) is 53.1 Å². The minimum Gasteiger partial charge on any atom is -0.494 e. The van der Waals surface area contributed by atoms with E-state index in [1.54, 1.807) is 26.0 Å². The van der Waals surface area contributed by atoms with Gasteiger partial charge < -0.3 is 10.1 Å². The molecule has 0 aliphatic heterocycles. The molecule has 152 valence electrons. The summed E-state index contributed by atoms with van der Waals surface area (Å²) in [6.07, 6.45) is 0. The number of nitrogens with zero attached hydrogens (tertiary/aromatic N) is 1. The van der Waals surface area contributed by atoms with Gasteiger partial charge >= 0.3 is 0 Å². The average molecular weight is 405 g/mol. The van der Waals surface area contributed by atoms with Gasteiger partial charge in [-0.1, -0.05) is 24.6 Å². The summed E-state index contributed by atoms with van der Waals surface area (Å²) in [6.45, 7) is 9.70. The second-order valence-electron chi connectivity index (χ2n) is 6.66. The first-order chi connectivity index (χ1) is 13.2. The molecule has 0 bridgehead atoms. The molecule has 0 atom stereocenters. The Morgan fingerprint density at radius 1 is 1.04 bits per heavy atom. The minimum atomic E-state index is -3.79. The summed E-state index contributed by atoms with van der Waals surface area (Å²) in [5.74, 6) is 0.275. The molecular weight excluding hydrogens is 376 g/mol. The predicted octanol–water partition coefficient (Wildman–Crippen LogP) is 3.66. The Hall–Kier alpha value is -2.38. The number of nitrogens with one attached hydrogen (secondary N) is 1. The van der Waals surface area contributed by atoms with Crippen molar-refractivity contribution in [1.82, 2.24) is 4.31 Å². The third-order valence-electron chi connectivity index (χ3n) is 4.41. The number of carbonyl (C=O) groups is 1. The number of likely N-dealkylation sites (N-methyl/N-ethyl adjacent to an activating group) is 1. The molecule has 0 aliphatic rings. The van der Waals surface area contributed by atoms with Crippen LogP contribution >= 0.6 is 0 Å². The quantitative estimate of drug-likeness (QED) is 0.728. The van der Waals surface area contributed by atoms with E-state index in [4.69, 9.17) is 4.74 Å². The highest BCUT2D eigenvalue weighted by atomic mass is 32.2. The fraction of sp³-hybridized carbons (Fsp3) is 0.381. The highest BCUT2D eigenvalue weighted by Crippen LogP contribution is 2.24. The Kier molecular flexibility index (Phi) is 7.21. The summed E-state index contributed by atoms with van der Waals surface area (Å²) in [4.78, 5) is 12.6. The van der Waals surface area contributed by atoms with Gasteiger partial charge in [0.1, 0.15) is 5.75 Å². The molecule has 2 aromatic rings. The normalized spacial score (nSPS) is 11.5. The molecule has 6 nitrogen and oxygen atoms in total. The van der Waals surface area contributed by atoms with E-state index in [-0.39, 0.29) is 23.9 Å². The second-order valence-corrected chi connectivity index (χ2v) is 8.60. The first kappa shape index (κ1) is 21.9. The fourth-order valence-electron chi connectivity index (χ4n) is 2.92. The molecule has 0 saturated carbocycles. The first-order valence-corrected chi connectivity index (χ1v) is 10.7. The summed E-state index contributed by atoms with van der Waals surface area (Å²) >= 11 is 0. The number of amides is 1. The molecule has 1 amide bonds. The highest BCUT2D eigenvalue weighted by Gasteiger charge is 2.26. The highest BCUT2D eigenvalue weighted by molar-refractivity contribution is 7.89. The van der Waals surface area contributed by atoms with Gasteiger partial charge in [-0.25, -0.2) is 8.42 Å². The standard InChI is InChI=1S/C21H28N2O4S/c1-6-23(14-21(24)22-19-10-8-15(3)12-16(19)4)28(25,26)18-9-11-20(27-7-2)17(5)13-18/h8-13H,6-7,14H2,1-5H3,(H,22,24). The van der Waals surface area contributed by atoms with Gasteiger partial charge in [0, 0.05) is 12.2 Å². The molecule has 0 saturated heterocycles. The topological polar surface area (TPSA) is 75.7 Å². The third-order valence-corrected chi connectivity index (χ3v) is 6.33. The van der Waals surface area contributed by atoms with E-state index in [1.165, 1.54) is 10.4 Å². The van der Waals surface area contributed by atoms with Crippen LogP contribution < -0.4 is 10.1 Å². The van der Waals surface area contributed by atoms with Crippen LogP contribution in [0.2, 0.25) is 0 Å². The average Bonchev–Trinajstić information content (AvgIpc) is 2.63. The molecule has 0 aromatic heterocycles. The van der Waals surface area contributed by atoms with Crippen molar-refractivity contribution < 1.29 is 17.9 Å². The molecule has 0 radical (unpaired) electrons. The van der Waals surface area contributed by atoms with Gasteiger partial charge in [0.15, 0.2) is 0 Å². The van der Waals surface area contributed by atoms with Gasteiger partial charge in [-0.05, 0) is 63.1 Å². The minimum absolute atomic E-state index is 0.148. The Labute approximate surface area is 167 Å². The van der Waals surface area contributed by atoms with Gasteiger partial charge in [0.25, 0.3) is 0 Å². The van der Waals surface area contributed by atoms with Crippen LogP contribution in [0.3, 0.4) is 0 Å². The number of carbonyl (C=O) groups excluding carboxylic acids is 1. The van der Waals surface area contributed by atoms with Crippen LogP contribution in [0.15, 0.2) is 41.3 Å². The number of rotatable bonds is 8. The molecular formula is C21H28N2O4S. The molecule has 28 heavy (non-hydrogen) atoms. The Morgan fingerprint density at radius 3 is 2.32 bits per heavy atom. The van der Waals surface area contributed by atoms with Gasteiger partial charge in [0.05, 0.1) is 18.0 Å². The van der Waals surface area contributed by atoms with Crippen LogP contribution in [-0.2, 0) is 14.8 Å². The van der Waals surface area contributed by atoms with Crippen LogP contribution in [0.5, 0.6) is 5.75 Å². The summed E-state index contributed by atoms with van der Waals surface area (Å²) < 4.78 is 32.6. The number of hydrogen-bond donors (Lipinski definition) is 1. The molecule has 2 aromatic carbocycles. The Bertz CT molecular complexity index is 955. The number of benzene rings is 2. The number of anilines is 1. The molecule has 0 heterocycles. The van der Waals surface area contributed by atoms with Gasteiger partial charge in [-0.15, -0.1) is 0 Å². The third kappa shape index (κ3) is 5.11. The smallest absolute Gasteiger partial charge is 0.243 e. The monoisotopic (exact) mass is 404 g/mol. The van der Waals surface area contributed by atoms with E-state index in [0.29, 0.717) is 18.0 Å². The van der Waals surface area contributed by atoms with Crippen LogP contribution in [0, 0.1) is 20.8 Å². The lowest BCUT2D eigenvalue weighted by atomic mass is 10.1. The van der Waals surface area contributed by atoms with E-state index in [9.17, 15) is 13.2 Å². The lowest BCUT2D eigenvalue weighted by Gasteiger charge is -2.21. The lowest BCUT2D eigenvalue weighted by Crippen LogP contribution is -2.38. The van der Waals surface area contributed by atoms with Crippen molar-refractivity contribution in [3.63, 3.8) is 0 Å². The van der Waals surface area contributed by atoms with Crippen LogP contribution in [0.25, 0.3) is 0 Å². The molecule has 7 heteroatoms. The summed E-state index contributed by atoms with van der Waals surface area (Å²) in [5, 5.41) is 2.80. The number of ether oxygens (including phenoxy) is 1. The molecule has 0 aliphatic carbocycles. The van der Waals surface area contributed by atoms with Gasteiger partial charge in [0.2, 0.25) is 15.9 Å². The van der Waals surface area contributed by atoms with Crippen molar-refractivity contribution >= 4 is 21.6 Å². The van der Waals surface area contributed by atoms with Crippen molar-refractivity contribution in [1.29, 1.82) is 0 Å². The van der Waals surface area contributed by atoms with E-state index < -0.39 is 10.0 Å². The first-order valence-electron chi connectivity index (χ1n) is 9.29. The summed E-state index contributed by atoms with van der Waals surface area (Å²) in [5.41, 5.74) is 3.44. The fourth-order valence-corrected chi connectivity index (χ4v) is 4.41. The van der Waals surface area contributed by atoms with Crippen molar-refractivity contribution in [2.75, 3.05) is 25.0 Å². The molecule has 2 rings (SSSR count). The summed E-state index contributed by atoms with van der Waals surface area (Å²) in [7, 11) is -3.79. The van der Waals surface area contributed by atoms with Gasteiger partial charge in [-0.3, -0.25) is 4.79 Å². The Balaban J connectivity index is 2.18. The van der Waals surface area contributed by atoms with E-state index in [2.05, 4.69) is 5.32 Å². The zero-order valence-corrected chi connectivity index (χ0v) is 17.9. The summed E-state index contributed by atoms with van der Waals surface area (Å²) in [6, 6.07) is 10.4. The second kappa shape index (κ2) is 9.21. The van der Waals surface area contributed by atoms with Crippen LogP contribution in [0.4, 0.5) is 5.69 Å². The largest absolute Gasteiger partial charge is 0.494 e. The number of hydrogen-bond acceptors (Lipinski definition) is 4. The number of aryl methyl sites for hydroxylation is 3. The van der Waals surface area contributed by atoms with Crippen LogP contribution in [-0.4, -0.2) is 38.3 Å². The molecule has 0 fully saturated rings.